The molecular weight excluding hydrogens is 253 g/mol. The van der Waals surface area contributed by atoms with Crippen LogP contribution in [0.15, 0.2) is 24.4 Å². The van der Waals surface area contributed by atoms with Crippen LogP contribution in [-0.4, -0.2) is 9.55 Å². The lowest BCUT2D eigenvalue weighted by Gasteiger charge is -2.13. The van der Waals surface area contributed by atoms with Crippen molar-refractivity contribution in [2.24, 2.45) is 0 Å². The third-order valence-electron chi connectivity index (χ3n) is 2.61. The zero-order chi connectivity index (χ0) is 13.3. The fourth-order valence-corrected chi connectivity index (χ4v) is 1.94. The summed E-state index contributed by atoms with van der Waals surface area (Å²) in [6.07, 6.45) is 1.92. The Morgan fingerprint density at radius 3 is 2.72 bits per heavy atom. The number of aryl methyl sites for hydroxylation is 1. The molecule has 5 heteroatoms. The van der Waals surface area contributed by atoms with Gasteiger partial charge in [0.2, 0.25) is 5.95 Å². The lowest BCUT2D eigenvalue weighted by Crippen LogP contribution is -2.06. The average molecular weight is 268 g/mol. The second-order valence-electron chi connectivity index (χ2n) is 4.43. The first-order valence-corrected chi connectivity index (χ1v) is 6.13. The van der Waals surface area contributed by atoms with Crippen LogP contribution in [0.3, 0.4) is 0 Å². The van der Waals surface area contributed by atoms with Gasteiger partial charge in [-0.3, -0.25) is 0 Å². The van der Waals surface area contributed by atoms with Crippen molar-refractivity contribution in [3.8, 4) is 0 Å². The molecule has 0 fully saturated rings. The van der Waals surface area contributed by atoms with E-state index in [1.165, 1.54) is 6.07 Å². The number of halogens is 2. The molecule has 18 heavy (non-hydrogen) atoms. The molecule has 1 aromatic heterocycles. The Morgan fingerprint density at radius 2 is 2.11 bits per heavy atom. The normalized spacial score (nSPS) is 11.0. The van der Waals surface area contributed by atoms with E-state index < -0.39 is 5.82 Å². The number of hydrogen-bond acceptors (Lipinski definition) is 2. The average Bonchev–Trinajstić information content (AvgIpc) is 2.65. The highest BCUT2D eigenvalue weighted by Crippen LogP contribution is 2.28. The number of aromatic nitrogens is 2. The van der Waals surface area contributed by atoms with Gasteiger partial charge >= 0.3 is 0 Å². The van der Waals surface area contributed by atoms with Crippen LogP contribution in [-0.2, 0) is 0 Å². The molecule has 0 amide bonds. The second-order valence-corrected chi connectivity index (χ2v) is 4.84. The third-order valence-corrected chi connectivity index (χ3v) is 2.92. The van der Waals surface area contributed by atoms with E-state index in [1.807, 2.05) is 31.5 Å². The standard InChI is InChI=1S/C13H15ClFN3/c1-8(2)18-7-9(3)16-13(18)17-12-10(14)5-4-6-11(12)15/h4-8H,1-3H3,(H,16,17). The third kappa shape index (κ3) is 2.48. The van der Waals surface area contributed by atoms with Gasteiger partial charge in [0.15, 0.2) is 0 Å². The number of rotatable bonds is 3. The summed E-state index contributed by atoms with van der Waals surface area (Å²) in [6.45, 7) is 5.97. The van der Waals surface area contributed by atoms with E-state index >= 15 is 0 Å². The Bertz CT molecular complexity index is 543. The van der Waals surface area contributed by atoms with E-state index in [-0.39, 0.29) is 11.7 Å². The molecule has 0 unspecified atom stereocenters. The van der Waals surface area contributed by atoms with Gasteiger partial charge in [-0.25, -0.2) is 9.37 Å². The molecule has 0 aliphatic rings. The minimum absolute atomic E-state index is 0.235. The molecule has 0 saturated carbocycles. The lowest BCUT2D eigenvalue weighted by molar-refractivity contribution is 0.604. The van der Waals surface area contributed by atoms with Gasteiger partial charge in [0.25, 0.3) is 0 Å². The number of para-hydroxylation sites is 1. The van der Waals surface area contributed by atoms with E-state index in [2.05, 4.69) is 10.3 Å². The number of anilines is 2. The number of nitrogens with one attached hydrogen (secondary N) is 1. The monoisotopic (exact) mass is 267 g/mol. The van der Waals surface area contributed by atoms with Crippen LogP contribution in [0, 0.1) is 12.7 Å². The van der Waals surface area contributed by atoms with Crippen LogP contribution in [0.2, 0.25) is 5.02 Å². The largest absolute Gasteiger partial charge is 0.322 e. The molecule has 3 nitrogen and oxygen atoms in total. The molecule has 96 valence electrons. The van der Waals surface area contributed by atoms with Crippen molar-refractivity contribution in [3.63, 3.8) is 0 Å². The summed E-state index contributed by atoms with van der Waals surface area (Å²) in [5.74, 6) is 0.202. The van der Waals surface area contributed by atoms with Crippen LogP contribution in [0.1, 0.15) is 25.6 Å². The Labute approximate surface area is 111 Å². The van der Waals surface area contributed by atoms with E-state index in [0.29, 0.717) is 11.0 Å². The maximum absolute atomic E-state index is 13.7. The van der Waals surface area contributed by atoms with E-state index in [9.17, 15) is 4.39 Å². The summed E-state index contributed by atoms with van der Waals surface area (Å²) >= 11 is 5.98. The SMILES string of the molecule is Cc1cn(C(C)C)c(Nc2c(F)cccc2Cl)n1. The lowest BCUT2D eigenvalue weighted by atomic mass is 10.3. The van der Waals surface area contributed by atoms with Crippen molar-refractivity contribution in [3.05, 3.63) is 40.9 Å². The molecule has 2 rings (SSSR count). The number of imidazole rings is 1. The highest BCUT2D eigenvalue weighted by Gasteiger charge is 2.13. The van der Waals surface area contributed by atoms with Crippen LogP contribution < -0.4 is 5.32 Å². The number of hydrogen-bond donors (Lipinski definition) is 1. The van der Waals surface area contributed by atoms with Crippen molar-refractivity contribution >= 4 is 23.2 Å². The van der Waals surface area contributed by atoms with Gasteiger partial charge in [-0.1, -0.05) is 17.7 Å². The zero-order valence-corrected chi connectivity index (χ0v) is 11.3. The maximum Gasteiger partial charge on any atom is 0.207 e. The van der Waals surface area contributed by atoms with Gasteiger partial charge in [-0.05, 0) is 32.9 Å². The van der Waals surface area contributed by atoms with Crippen molar-refractivity contribution in [1.29, 1.82) is 0 Å². The summed E-state index contributed by atoms with van der Waals surface area (Å²) in [6, 6.07) is 4.81. The minimum Gasteiger partial charge on any atom is -0.322 e. The Balaban J connectivity index is 2.40. The van der Waals surface area contributed by atoms with Crippen molar-refractivity contribution in [2.45, 2.75) is 26.8 Å². The molecule has 0 spiro atoms. The molecular formula is C13H15ClFN3. The van der Waals surface area contributed by atoms with Gasteiger partial charge in [0, 0.05) is 12.2 Å². The molecule has 1 heterocycles. The molecule has 1 aromatic carbocycles. The van der Waals surface area contributed by atoms with Crippen LogP contribution in [0.5, 0.6) is 0 Å². The van der Waals surface area contributed by atoms with E-state index in [0.717, 1.165) is 5.69 Å². The fourth-order valence-electron chi connectivity index (χ4n) is 1.73. The molecule has 2 aromatic rings. The second kappa shape index (κ2) is 4.98. The van der Waals surface area contributed by atoms with Crippen molar-refractivity contribution < 1.29 is 4.39 Å². The van der Waals surface area contributed by atoms with E-state index in [1.54, 1.807) is 12.1 Å². The highest BCUT2D eigenvalue weighted by atomic mass is 35.5. The zero-order valence-electron chi connectivity index (χ0n) is 10.5. The fraction of sp³-hybridized carbons (Fsp3) is 0.308. The van der Waals surface area contributed by atoms with Crippen molar-refractivity contribution in [2.75, 3.05) is 5.32 Å². The Hall–Kier alpha value is -1.55. The van der Waals surface area contributed by atoms with Crippen LogP contribution >= 0.6 is 11.6 Å². The first-order chi connectivity index (χ1) is 8.49. The van der Waals surface area contributed by atoms with Gasteiger partial charge in [0.05, 0.1) is 16.4 Å². The predicted octanol–water partition coefficient (Wildman–Crippen LogP) is 4.31. The molecule has 1 N–H and O–H groups in total. The van der Waals surface area contributed by atoms with Gasteiger partial charge < -0.3 is 9.88 Å². The molecule has 0 bridgehead atoms. The van der Waals surface area contributed by atoms with Gasteiger partial charge in [0.1, 0.15) is 5.82 Å². The summed E-state index contributed by atoms with van der Waals surface area (Å²) in [5, 5.41) is 3.30. The minimum atomic E-state index is -0.390. The smallest absolute Gasteiger partial charge is 0.207 e. The van der Waals surface area contributed by atoms with Crippen LogP contribution in [0.4, 0.5) is 16.0 Å². The van der Waals surface area contributed by atoms with Crippen LogP contribution in [0.25, 0.3) is 0 Å². The summed E-state index contributed by atoms with van der Waals surface area (Å²) < 4.78 is 15.6. The highest BCUT2D eigenvalue weighted by molar-refractivity contribution is 6.33. The first-order valence-electron chi connectivity index (χ1n) is 5.75. The maximum atomic E-state index is 13.7. The molecule has 0 atom stereocenters. The molecule has 0 aliphatic heterocycles. The number of benzene rings is 1. The van der Waals surface area contributed by atoms with Gasteiger partial charge in [-0.2, -0.15) is 0 Å². The topological polar surface area (TPSA) is 29.9 Å². The van der Waals surface area contributed by atoms with E-state index in [4.69, 9.17) is 11.6 Å². The molecule has 0 saturated heterocycles. The Kier molecular flexibility index (Phi) is 3.57. The summed E-state index contributed by atoms with van der Waals surface area (Å²) in [7, 11) is 0. The summed E-state index contributed by atoms with van der Waals surface area (Å²) in [4.78, 5) is 4.34. The predicted molar refractivity (Wildman–Crippen MR) is 72.0 cm³/mol. The Morgan fingerprint density at radius 1 is 1.39 bits per heavy atom. The molecule has 0 radical (unpaired) electrons. The van der Waals surface area contributed by atoms with Gasteiger partial charge in [-0.15, -0.1) is 0 Å². The first kappa shape index (κ1) is 12.9. The summed E-state index contributed by atoms with van der Waals surface area (Å²) in [5.41, 5.74) is 1.13. The number of nitrogens with zero attached hydrogens (tertiary/aromatic N) is 2. The quantitative estimate of drug-likeness (QED) is 0.898. The molecule has 0 aliphatic carbocycles. The van der Waals surface area contributed by atoms with Crippen molar-refractivity contribution in [1.82, 2.24) is 9.55 Å².